The Morgan fingerprint density at radius 3 is 3.20 bits per heavy atom. The first-order valence-electron chi connectivity index (χ1n) is 7.25. The number of anilines is 1. The van der Waals surface area contributed by atoms with E-state index in [4.69, 9.17) is 0 Å². The minimum Gasteiger partial charge on any atom is -0.338 e. The molecular weight excluding hydrogens is 254 g/mol. The van der Waals surface area contributed by atoms with Gasteiger partial charge in [-0.1, -0.05) is 0 Å². The maximum absolute atomic E-state index is 4.60. The highest BCUT2D eigenvalue weighted by Gasteiger charge is 2.35. The topological polar surface area (TPSA) is 74.7 Å². The maximum atomic E-state index is 4.60. The van der Waals surface area contributed by atoms with Gasteiger partial charge < -0.3 is 10.2 Å². The lowest BCUT2D eigenvalue weighted by molar-refractivity contribution is 0.340. The van der Waals surface area contributed by atoms with Gasteiger partial charge in [0.25, 0.3) is 0 Å². The highest BCUT2D eigenvalue weighted by Crippen LogP contribution is 2.27. The predicted octanol–water partition coefficient (Wildman–Crippen LogP) is 0.238. The predicted molar refractivity (Wildman–Crippen MR) is 74.4 cm³/mol. The molecule has 0 aromatic carbocycles. The first-order valence-corrected chi connectivity index (χ1v) is 7.25. The fourth-order valence-electron chi connectivity index (χ4n) is 3.25. The van der Waals surface area contributed by atoms with Crippen LogP contribution >= 0.6 is 0 Å². The normalized spacial score (nSPS) is 25.9. The Labute approximate surface area is 117 Å². The summed E-state index contributed by atoms with van der Waals surface area (Å²) < 4.78 is 1.84. The monoisotopic (exact) mass is 273 g/mol. The van der Waals surface area contributed by atoms with E-state index in [1.165, 1.54) is 12.8 Å². The molecule has 2 fully saturated rings. The third-order valence-corrected chi connectivity index (χ3v) is 4.27. The quantitative estimate of drug-likeness (QED) is 0.838. The average Bonchev–Trinajstić information content (AvgIpc) is 3.18. The smallest absolute Gasteiger partial charge is 0.244 e. The Morgan fingerprint density at radius 1 is 1.35 bits per heavy atom. The number of H-pyrrole nitrogens is 1. The molecule has 2 aromatic rings. The molecule has 20 heavy (non-hydrogen) atoms. The molecule has 7 nitrogen and oxygen atoms in total. The van der Waals surface area contributed by atoms with Gasteiger partial charge in [0.2, 0.25) is 5.95 Å². The molecule has 2 unspecified atom stereocenters. The van der Waals surface area contributed by atoms with Gasteiger partial charge >= 0.3 is 0 Å². The highest BCUT2D eigenvalue weighted by molar-refractivity contribution is 5.32. The van der Waals surface area contributed by atoms with Crippen LogP contribution in [-0.2, 0) is 6.54 Å². The van der Waals surface area contributed by atoms with E-state index in [1.54, 1.807) is 6.20 Å². The standard InChI is InChI=1S/C13H19N7/c1-3-10-7-19(8-11(10)14-4-1)13-16-12(17-18-13)9-20-6-2-5-15-20/h2,5-6,10-11,14H,1,3-4,7-9H2,(H,16,17,18). The largest absolute Gasteiger partial charge is 0.338 e. The molecule has 4 rings (SSSR count). The minimum atomic E-state index is 0.608. The molecule has 0 aliphatic carbocycles. The van der Waals surface area contributed by atoms with Crippen LogP contribution in [0.4, 0.5) is 5.95 Å². The Bertz CT molecular complexity index is 547. The van der Waals surface area contributed by atoms with Gasteiger partial charge in [-0.05, 0) is 31.4 Å². The average molecular weight is 273 g/mol. The van der Waals surface area contributed by atoms with Crippen molar-refractivity contribution >= 4 is 5.95 Å². The number of aromatic nitrogens is 5. The van der Waals surface area contributed by atoms with E-state index in [2.05, 4.69) is 30.5 Å². The van der Waals surface area contributed by atoms with Crippen LogP contribution in [0.15, 0.2) is 18.5 Å². The Balaban J connectivity index is 1.45. The summed E-state index contributed by atoms with van der Waals surface area (Å²) in [5.74, 6) is 2.42. The van der Waals surface area contributed by atoms with Gasteiger partial charge in [-0.2, -0.15) is 10.1 Å². The van der Waals surface area contributed by atoms with Gasteiger partial charge in [-0.25, -0.2) is 0 Å². The third-order valence-electron chi connectivity index (χ3n) is 4.27. The second-order valence-corrected chi connectivity index (χ2v) is 5.65. The summed E-state index contributed by atoms with van der Waals surface area (Å²) in [4.78, 5) is 6.88. The number of hydrogen-bond donors (Lipinski definition) is 2. The van der Waals surface area contributed by atoms with E-state index in [0.717, 1.165) is 37.3 Å². The molecule has 0 spiro atoms. The molecule has 4 heterocycles. The first-order chi connectivity index (χ1) is 9.88. The van der Waals surface area contributed by atoms with Gasteiger partial charge in [-0.15, -0.1) is 5.10 Å². The molecule has 2 atom stereocenters. The molecule has 2 saturated heterocycles. The van der Waals surface area contributed by atoms with Crippen LogP contribution in [0.25, 0.3) is 0 Å². The fourth-order valence-corrected chi connectivity index (χ4v) is 3.25. The minimum absolute atomic E-state index is 0.608. The van der Waals surface area contributed by atoms with E-state index in [-0.39, 0.29) is 0 Å². The van der Waals surface area contributed by atoms with Crippen LogP contribution in [0.2, 0.25) is 0 Å². The van der Waals surface area contributed by atoms with Crippen molar-refractivity contribution < 1.29 is 0 Å². The number of fused-ring (bicyclic) bond motifs is 1. The van der Waals surface area contributed by atoms with E-state index in [9.17, 15) is 0 Å². The van der Waals surface area contributed by atoms with Crippen LogP contribution in [0.5, 0.6) is 0 Å². The van der Waals surface area contributed by atoms with Crippen LogP contribution < -0.4 is 10.2 Å². The zero-order chi connectivity index (χ0) is 13.4. The van der Waals surface area contributed by atoms with E-state index < -0.39 is 0 Å². The van der Waals surface area contributed by atoms with Crippen LogP contribution in [0.3, 0.4) is 0 Å². The van der Waals surface area contributed by atoms with Gasteiger partial charge in [-0.3, -0.25) is 9.78 Å². The SMILES string of the molecule is c1cnn(Cc2nc(N3CC4CCCNC4C3)n[nH]2)c1. The third kappa shape index (κ3) is 2.18. The summed E-state index contributed by atoms with van der Waals surface area (Å²) in [6.07, 6.45) is 6.30. The van der Waals surface area contributed by atoms with Crippen molar-refractivity contribution in [2.75, 3.05) is 24.5 Å². The lowest BCUT2D eigenvalue weighted by Gasteiger charge is -2.24. The van der Waals surface area contributed by atoms with Crippen molar-refractivity contribution in [1.29, 1.82) is 0 Å². The lowest BCUT2D eigenvalue weighted by atomic mass is 9.94. The maximum Gasteiger partial charge on any atom is 0.244 e. The van der Waals surface area contributed by atoms with Gasteiger partial charge in [0.15, 0.2) is 0 Å². The summed E-state index contributed by atoms with van der Waals surface area (Å²) in [6, 6.07) is 2.52. The molecule has 2 N–H and O–H groups in total. The van der Waals surface area contributed by atoms with Crippen molar-refractivity contribution in [2.24, 2.45) is 5.92 Å². The Kier molecular flexibility index (Phi) is 2.91. The zero-order valence-corrected chi connectivity index (χ0v) is 11.4. The summed E-state index contributed by atoms with van der Waals surface area (Å²) >= 11 is 0. The Hall–Kier alpha value is -1.89. The van der Waals surface area contributed by atoms with Gasteiger partial charge in [0.05, 0.1) is 0 Å². The summed E-state index contributed by atoms with van der Waals surface area (Å²) in [7, 11) is 0. The van der Waals surface area contributed by atoms with Crippen molar-refractivity contribution in [3.63, 3.8) is 0 Å². The summed E-state index contributed by atoms with van der Waals surface area (Å²) in [6.45, 7) is 3.87. The molecule has 7 heteroatoms. The number of hydrogen-bond acceptors (Lipinski definition) is 5. The summed E-state index contributed by atoms with van der Waals surface area (Å²) in [5.41, 5.74) is 0. The molecule has 2 aromatic heterocycles. The number of rotatable bonds is 3. The number of nitrogens with one attached hydrogen (secondary N) is 2. The van der Waals surface area contributed by atoms with Crippen molar-refractivity contribution in [3.8, 4) is 0 Å². The molecule has 0 amide bonds. The second kappa shape index (κ2) is 4.90. The van der Waals surface area contributed by atoms with Crippen LogP contribution in [0, 0.1) is 5.92 Å². The molecule has 0 saturated carbocycles. The van der Waals surface area contributed by atoms with Crippen LogP contribution in [0.1, 0.15) is 18.7 Å². The molecule has 0 radical (unpaired) electrons. The van der Waals surface area contributed by atoms with Crippen LogP contribution in [-0.4, -0.2) is 50.6 Å². The molecule has 106 valence electrons. The number of aromatic amines is 1. The van der Waals surface area contributed by atoms with E-state index in [1.807, 2.05) is 16.9 Å². The zero-order valence-electron chi connectivity index (χ0n) is 11.4. The van der Waals surface area contributed by atoms with Gasteiger partial charge in [0, 0.05) is 31.5 Å². The summed E-state index contributed by atoms with van der Waals surface area (Å²) in [5, 5.41) is 15.2. The fraction of sp³-hybridized carbons (Fsp3) is 0.615. The second-order valence-electron chi connectivity index (χ2n) is 5.65. The number of piperidine rings is 1. The first kappa shape index (κ1) is 11.9. The van der Waals surface area contributed by atoms with E-state index in [0.29, 0.717) is 12.6 Å². The van der Waals surface area contributed by atoms with E-state index >= 15 is 0 Å². The molecule has 0 bridgehead atoms. The van der Waals surface area contributed by atoms with Gasteiger partial charge in [0.1, 0.15) is 12.4 Å². The Morgan fingerprint density at radius 2 is 2.35 bits per heavy atom. The number of nitrogens with zero attached hydrogens (tertiary/aromatic N) is 5. The lowest BCUT2D eigenvalue weighted by Crippen LogP contribution is -2.40. The molecular formula is C13H19N7. The highest BCUT2D eigenvalue weighted by atomic mass is 15.4. The molecule has 2 aliphatic rings. The van der Waals surface area contributed by atoms with Crippen molar-refractivity contribution in [1.82, 2.24) is 30.3 Å². The van der Waals surface area contributed by atoms with Crippen molar-refractivity contribution in [2.45, 2.75) is 25.4 Å². The molecule has 2 aliphatic heterocycles. The van der Waals surface area contributed by atoms with Crippen molar-refractivity contribution in [3.05, 3.63) is 24.3 Å².